The number of hydrazone groups is 1. The number of nitrogens with one attached hydrogen (secondary N) is 1. The van der Waals surface area contributed by atoms with E-state index < -0.39 is 17.5 Å². The Hall–Kier alpha value is -3.49. The van der Waals surface area contributed by atoms with E-state index in [1.807, 2.05) is 0 Å². The molecular weight excluding hydrogens is 330 g/mol. The molecule has 25 heavy (non-hydrogen) atoms. The maximum atomic E-state index is 13.7. The molecule has 3 rings (SSSR count). The van der Waals surface area contributed by atoms with Gasteiger partial charge in [0.2, 0.25) is 0 Å². The highest BCUT2D eigenvalue weighted by Crippen LogP contribution is 2.11. The van der Waals surface area contributed by atoms with Crippen LogP contribution in [0.3, 0.4) is 0 Å². The predicted octanol–water partition coefficient (Wildman–Crippen LogP) is 2.09. The van der Waals surface area contributed by atoms with Gasteiger partial charge in [0.05, 0.1) is 11.4 Å². The predicted molar refractivity (Wildman–Crippen MR) is 85.2 cm³/mol. The highest BCUT2D eigenvalue weighted by molar-refractivity contribution is 6.01. The SMILES string of the molecule is C/C(=N\NC(=O)c1ccc(-n2cnnn2)cc1)c1ccc(F)cc1F. The molecule has 0 atom stereocenters. The summed E-state index contributed by atoms with van der Waals surface area (Å²) < 4.78 is 28.0. The number of rotatable bonds is 4. The minimum Gasteiger partial charge on any atom is -0.267 e. The number of tetrazole rings is 1. The van der Waals surface area contributed by atoms with Crippen LogP contribution in [-0.2, 0) is 0 Å². The van der Waals surface area contributed by atoms with Crippen molar-refractivity contribution in [2.45, 2.75) is 6.92 Å². The van der Waals surface area contributed by atoms with Gasteiger partial charge in [-0.25, -0.2) is 18.9 Å². The van der Waals surface area contributed by atoms with Gasteiger partial charge in [0.15, 0.2) is 0 Å². The third kappa shape index (κ3) is 3.71. The molecule has 1 amide bonds. The second-order valence-electron chi connectivity index (χ2n) is 5.06. The van der Waals surface area contributed by atoms with Gasteiger partial charge in [0, 0.05) is 17.2 Å². The molecule has 1 N–H and O–H groups in total. The zero-order chi connectivity index (χ0) is 17.8. The van der Waals surface area contributed by atoms with Crippen molar-refractivity contribution >= 4 is 11.6 Å². The standard InChI is InChI=1S/C16H12F2N6O/c1-10(14-7-4-12(17)8-15(14)18)20-21-16(25)11-2-5-13(6-3-11)24-9-19-22-23-24/h2-9H,1H3,(H,21,25)/b20-10+. The van der Waals surface area contributed by atoms with Gasteiger partial charge in [0.25, 0.3) is 5.91 Å². The minimum atomic E-state index is -0.749. The molecule has 0 bridgehead atoms. The molecule has 0 aliphatic carbocycles. The monoisotopic (exact) mass is 342 g/mol. The van der Waals surface area contributed by atoms with E-state index in [4.69, 9.17) is 0 Å². The number of amides is 1. The number of aromatic nitrogens is 4. The fourth-order valence-corrected chi connectivity index (χ4v) is 2.09. The summed E-state index contributed by atoms with van der Waals surface area (Å²) >= 11 is 0. The van der Waals surface area contributed by atoms with E-state index in [1.54, 1.807) is 24.3 Å². The third-order valence-corrected chi connectivity index (χ3v) is 3.39. The summed E-state index contributed by atoms with van der Waals surface area (Å²) in [6.07, 6.45) is 1.43. The van der Waals surface area contributed by atoms with Crippen molar-refractivity contribution in [3.8, 4) is 5.69 Å². The Morgan fingerprint density at radius 3 is 2.56 bits per heavy atom. The number of hydrogen-bond donors (Lipinski definition) is 1. The average Bonchev–Trinajstić information content (AvgIpc) is 3.14. The summed E-state index contributed by atoms with van der Waals surface area (Å²) in [6.45, 7) is 1.51. The summed E-state index contributed by atoms with van der Waals surface area (Å²) in [5.74, 6) is -1.90. The van der Waals surface area contributed by atoms with Gasteiger partial charge in [-0.05, 0) is 53.7 Å². The van der Waals surface area contributed by atoms with Gasteiger partial charge in [-0.2, -0.15) is 5.10 Å². The van der Waals surface area contributed by atoms with E-state index in [2.05, 4.69) is 26.1 Å². The van der Waals surface area contributed by atoms with Crippen LogP contribution in [0.5, 0.6) is 0 Å². The van der Waals surface area contributed by atoms with Crippen molar-refractivity contribution in [3.63, 3.8) is 0 Å². The Labute approximate surface area is 141 Å². The van der Waals surface area contributed by atoms with Crippen LogP contribution in [0, 0.1) is 11.6 Å². The summed E-state index contributed by atoms with van der Waals surface area (Å²) in [7, 11) is 0. The number of carbonyl (C=O) groups excluding carboxylic acids is 1. The molecule has 126 valence electrons. The van der Waals surface area contributed by atoms with E-state index in [9.17, 15) is 13.6 Å². The van der Waals surface area contributed by atoms with Crippen LogP contribution in [0.25, 0.3) is 5.69 Å². The molecule has 0 radical (unpaired) electrons. The molecule has 0 aliphatic rings. The number of hydrogen-bond acceptors (Lipinski definition) is 5. The smallest absolute Gasteiger partial charge is 0.267 e. The molecule has 7 nitrogen and oxygen atoms in total. The highest BCUT2D eigenvalue weighted by atomic mass is 19.1. The second-order valence-corrected chi connectivity index (χ2v) is 5.06. The largest absolute Gasteiger partial charge is 0.271 e. The summed E-state index contributed by atoms with van der Waals surface area (Å²) in [4.78, 5) is 12.1. The van der Waals surface area contributed by atoms with Crippen LogP contribution < -0.4 is 5.43 Å². The van der Waals surface area contributed by atoms with E-state index in [0.717, 1.165) is 12.1 Å². The van der Waals surface area contributed by atoms with Gasteiger partial charge in [0.1, 0.15) is 18.0 Å². The van der Waals surface area contributed by atoms with Crippen LogP contribution >= 0.6 is 0 Å². The molecule has 1 aromatic heterocycles. The molecule has 2 aromatic carbocycles. The van der Waals surface area contributed by atoms with Crippen molar-refractivity contribution in [2.24, 2.45) is 5.10 Å². The summed E-state index contributed by atoms with van der Waals surface area (Å²) in [5.41, 5.74) is 3.70. The molecule has 0 aliphatic heterocycles. The van der Waals surface area contributed by atoms with E-state index in [-0.39, 0.29) is 11.3 Å². The lowest BCUT2D eigenvalue weighted by molar-refractivity contribution is 0.0955. The molecule has 9 heteroatoms. The fraction of sp³-hybridized carbons (Fsp3) is 0.0625. The molecule has 0 spiro atoms. The molecule has 0 fully saturated rings. The highest BCUT2D eigenvalue weighted by Gasteiger charge is 2.09. The maximum absolute atomic E-state index is 13.7. The van der Waals surface area contributed by atoms with Crippen LogP contribution in [0.1, 0.15) is 22.8 Å². The zero-order valence-corrected chi connectivity index (χ0v) is 13.0. The zero-order valence-electron chi connectivity index (χ0n) is 13.0. The first kappa shape index (κ1) is 16.4. The molecule has 3 aromatic rings. The molecule has 0 saturated carbocycles. The molecule has 0 unspecified atom stereocenters. The quantitative estimate of drug-likeness (QED) is 0.581. The van der Waals surface area contributed by atoms with Crippen LogP contribution in [0.15, 0.2) is 53.9 Å². The van der Waals surface area contributed by atoms with Gasteiger partial charge in [-0.3, -0.25) is 4.79 Å². The Bertz CT molecular complexity index is 922. The Morgan fingerprint density at radius 1 is 1.16 bits per heavy atom. The van der Waals surface area contributed by atoms with Gasteiger partial charge in [-0.1, -0.05) is 0 Å². The van der Waals surface area contributed by atoms with Gasteiger partial charge < -0.3 is 0 Å². The lowest BCUT2D eigenvalue weighted by Crippen LogP contribution is -2.19. The van der Waals surface area contributed by atoms with Crippen molar-refractivity contribution in [2.75, 3.05) is 0 Å². The molecular formula is C16H12F2N6O. The maximum Gasteiger partial charge on any atom is 0.271 e. The van der Waals surface area contributed by atoms with E-state index >= 15 is 0 Å². The lowest BCUT2D eigenvalue weighted by atomic mass is 10.1. The van der Waals surface area contributed by atoms with E-state index in [1.165, 1.54) is 24.0 Å². The summed E-state index contributed by atoms with van der Waals surface area (Å²) in [6, 6.07) is 9.63. The van der Waals surface area contributed by atoms with Crippen molar-refractivity contribution in [1.29, 1.82) is 0 Å². The first-order valence-corrected chi connectivity index (χ1v) is 7.18. The van der Waals surface area contributed by atoms with Crippen molar-refractivity contribution < 1.29 is 13.6 Å². The fourth-order valence-electron chi connectivity index (χ4n) is 2.09. The topological polar surface area (TPSA) is 85.1 Å². The lowest BCUT2D eigenvalue weighted by Gasteiger charge is -2.05. The first-order chi connectivity index (χ1) is 12.0. The normalized spacial score (nSPS) is 11.4. The Balaban J connectivity index is 1.71. The average molecular weight is 342 g/mol. The minimum absolute atomic E-state index is 0.107. The van der Waals surface area contributed by atoms with Crippen molar-refractivity contribution in [1.82, 2.24) is 25.6 Å². The number of nitrogens with zero attached hydrogens (tertiary/aromatic N) is 5. The summed E-state index contributed by atoms with van der Waals surface area (Å²) in [5, 5.41) is 14.6. The van der Waals surface area contributed by atoms with Crippen molar-refractivity contribution in [3.05, 3.63) is 71.6 Å². The van der Waals surface area contributed by atoms with Crippen LogP contribution in [-0.4, -0.2) is 31.8 Å². The Kier molecular flexibility index (Phi) is 4.55. The third-order valence-electron chi connectivity index (χ3n) is 3.39. The molecule has 0 saturated heterocycles. The number of carbonyl (C=O) groups is 1. The second kappa shape index (κ2) is 6.95. The molecule has 1 heterocycles. The van der Waals surface area contributed by atoms with Gasteiger partial charge >= 0.3 is 0 Å². The Morgan fingerprint density at radius 2 is 1.92 bits per heavy atom. The number of halogens is 2. The van der Waals surface area contributed by atoms with Crippen LogP contribution in [0.4, 0.5) is 8.78 Å². The number of benzene rings is 2. The first-order valence-electron chi connectivity index (χ1n) is 7.18. The van der Waals surface area contributed by atoms with Gasteiger partial charge in [-0.15, -0.1) is 5.10 Å². The van der Waals surface area contributed by atoms with Crippen LogP contribution in [0.2, 0.25) is 0 Å². The van der Waals surface area contributed by atoms with E-state index in [0.29, 0.717) is 11.3 Å².